The van der Waals surface area contributed by atoms with Gasteiger partial charge in [0.05, 0.1) is 25.2 Å². The molecule has 27 heavy (non-hydrogen) atoms. The van der Waals surface area contributed by atoms with Crippen LogP contribution in [-0.4, -0.2) is 52.5 Å². The lowest BCUT2D eigenvalue weighted by atomic mass is 10.2. The highest BCUT2D eigenvalue weighted by Gasteiger charge is 2.37. The van der Waals surface area contributed by atoms with Gasteiger partial charge in [0.1, 0.15) is 6.10 Å². The molecule has 0 rings (SSSR count). The van der Waals surface area contributed by atoms with Crippen molar-refractivity contribution >= 4 is 31.8 Å². The minimum Gasteiger partial charge on any atom is -0.414 e. The third-order valence-electron chi connectivity index (χ3n) is 4.32. The average Bonchev–Trinajstić information content (AvgIpc) is 2.56. The van der Waals surface area contributed by atoms with E-state index in [9.17, 15) is 4.57 Å². The van der Waals surface area contributed by atoms with Crippen molar-refractivity contribution < 1.29 is 27.5 Å². The van der Waals surface area contributed by atoms with Crippen molar-refractivity contribution in [3.05, 3.63) is 11.9 Å². The Kier molecular flexibility index (Phi) is 13.1. The molecule has 0 aromatic heterocycles. The summed E-state index contributed by atoms with van der Waals surface area (Å²) in [7, 11) is -5.25. The van der Waals surface area contributed by atoms with Gasteiger partial charge >= 0.3 is 7.60 Å². The van der Waals surface area contributed by atoms with Crippen molar-refractivity contribution in [1.82, 2.24) is 0 Å². The van der Waals surface area contributed by atoms with Crippen LogP contribution in [0.4, 0.5) is 0 Å². The molecule has 162 valence electrons. The van der Waals surface area contributed by atoms with Crippen molar-refractivity contribution in [2.24, 2.45) is 0 Å². The van der Waals surface area contributed by atoms with Gasteiger partial charge in [-0.3, -0.25) is 4.57 Å². The number of halogens is 1. The fourth-order valence-electron chi connectivity index (χ4n) is 1.83. The molecule has 0 radical (unpaired) electrons. The van der Waals surface area contributed by atoms with Gasteiger partial charge in [-0.15, -0.1) is 0 Å². The molecule has 1 unspecified atom stereocenters. The van der Waals surface area contributed by atoms with E-state index in [1.54, 1.807) is 19.9 Å². The minimum atomic E-state index is -3.29. The van der Waals surface area contributed by atoms with Crippen molar-refractivity contribution in [3.8, 4) is 0 Å². The third-order valence-corrected chi connectivity index (χ3v) is 11.1. The molecule has 0 saturated carbocycles. The fourth-order valence-corrected chi connectivity index (χ4v) is 4.56. The Bertz CT molecular complexity index is 471. The number of rotatable bonds is 14. The van der Waals surface area contributed by atoms with E-state index in [1.165, 1.54) is 5.82 Å². The lowest BCUT2D eigenvalue weighted by Crippen LogP contribution is -2.43. The summed E-state index contributed by atoms with van der Waals surface area (Å²) in [6.45, 7) is 17.9. The monoisotopic (exact) mass is 488 g/mol. The average molecular weight is 489 g/mol. The molecule has 0 heterocycles. The van der Waals surface area contributed by atoms with E-state index in [-0.39, 0.29) is 5.04 Å². The SMILES string of the molecule is CCOC(CBr)O[C@@H](/C=C/P(=O)(OCC)OCC)CO[Si](C)(C)C(C)(C)C. The summed E-state index contributed by atoms with van der Waals surface area (Å²) in [5.41, 5.74) is 0. The molecule has 0 aliphatic heterocycles. The molecule has 0 bridgehead atoms. The van der Waals surface area contributed by atoms with Gasteiger partial charge in [-0.25, -0.2) is 0 Å². The van der Waals surface area contributed by atoms with E-state index in [1.807, 2.05) is 6.92 Å². The van der Waals surface area contributed by atoms with Gasteiger partial charge in [0.15, 0.2) is 14.6 Å². The molecule has 0 N–H and O–H groups in total. The minimum absolute atomic E-state index is 0.0853. The summed E-state index contributed by atoms with van der Waals surface area (Å²) in [4.78, 5) is 0. The van der Waals surface area contributed by atoms with Gasteiger partial charge in [0.2, 0.25) is 0 Å². The van der Waals surface area contributed by atoms with Crippen LogP contribution in [0.1, 0.15) is 41.5 Å². The van der Waals surface area contributed by atoms with Crippen LogP contribution in [0.3, 0.4) is 0 Å². The second kappa shape index (κ2) is 12.9. The molecule has 2 atom stereocenters. The van der Waals surface area contributed by atoms with E-state index < -0.39 is 28.3 Å². The van der Waals surface area contributed by atoms with Crippen LogP contribution in [0.2, 0.25) is 18.1 Å². The number of hydrogen-bond donors (Lipinski definition) is 0. The largest absolute Gasteiger partial charge is 0.414 e. The first kappa shape index (κ1) is 27.5. The van der Waals surface area contributed by atoms with Crippen LogP contribution in [0.5, 0.6) is 0 Å². The molecule has 6 nitrogen and oxygen atoms in total. The fraction of sp³-hybridized carbons (Fsp3) is 0.889. The standard InChI is InChI=1S/C18H38BrO6PSi/c1-9-21-17(14-19)25-16(15-24-27(7,8)18(4,5)6)12-13-26(20,22-10-2)23-11-3/h12-13,16-17H,9-11,14-15H2,1-8H3/b13-12+/t16-,17?/m0/s1. The molecule has 0 aliphatic carbocycles. The summed E-state index contributed by atoms with van der Waals surface area (Å²) in [5, 5.41) is 0.613. The molecule has 0 aliphatic rings. The van der Waals surface area contributed by atoms with Crippen LogP contribution in [0, 0.1) is 0 Å². The van der Waals surface area contributed by atoms with E-state index in [2.05, 4.69) is 49.8 Å². The van der Waals surface area contributed by atoms with Crippen molar-refractivity contribution in [2.75, 3.05) is 31.8 Å². The van der Waals surface area contributed by atoms with Crippen LogP contribution in [0.15, 0.2) is 11.9 Å². The number of hydrogen-bond acceptors (Lipinski definition) is 6. The van der Waals surface area contributed by atoms with Gasteiger partial charge in [0.25, 0.3) is 0 Å². The summed E-state index contributed by atoms with van der Waals surface area (Å²) < 4.78 is 41.2. The highest BCUT2D eigenvalue weighted by atomic mass is 79.9. The van der Waals surface area contributed by atoms with Gasteiger partial charge in [-0.2, -0.15) is 0 Å². The predicted molar refractivity (Wildman–Crippen MR) is 117 cm³/mol. The van der Waals surface area contributed by atoms with Crippen molar-refractivity contribution in [3.63, 3.8) is 0 Å². The molecule has 0 aromatic carbocycles. The lowest BCUT2D eigenvalue weighted by Gasteiger charge is -2.37. The maximum absolute atomic E-state index is 12.7. The molecular weight excluding hydrogens is 451 g/mol. The molecule has 0 aromatic rings. The van der Waals surface area contributed by atoms with Gasteiger partial charge < -0.3 is 22.9 Å². The Morgan fingerprint density at radius 2 is 1.63 bits per heavy atom. The zero-order valence-electron chi connectivity index (χ0n) is 18.1. The summed E-state index contributed by atoms with van der Waals surface area (Å²) in [5.74, 6) is 1.47. The third kappa shape index (κ3) is 10.7. The Hall–Kier alpha value is 0.467. The van der Waals surface area contributed by atoms with Crippen LogP contribution in [-0.2, 0) is 27.5 Å². The molecule has 0 saturated heterocycles. The van der Waals surface area contributed by atoms with Crippen LogP contribution >= 0.6 is 23.5 Å². The quantitative estimate of drug-likeness (QED) is 0.130. The molecule has 0 amide bonds. The smallest absolute Gasteiger partial charge is 0.353 e. The van der Waals surface area contributed by atoms with E-state index in [4.69, 9.17) is 22.9 Å². The zero-order valence-corrected chi connectivity index (χ0v) is 21.6. The summed E-state index contributed by atoms with van der Waals surface area (Å²) >= 11 is 3.40. The first-order valence-corrected chi connectivity index (χ1v) is 15.1. The predicted octanol–water partition coefficient (Wildman–Crippen LogP) is 5.93. The van der Waals surface area contributed by atoms with E-state index in [0.29, 0.717) is 31.8 Å². The van der Waals surface area contributed by atoms with E-state index in [0.717, 1.165) is 0 Å². The second-order valence-corrected chi connectivity index (χ2v) is 14.9. The van der Waals surface area contributed by atoms with Crippen molar-refractivity contribution in [2.45, 2.75) is 72.1 Å². The first-order chi connectivity index (χ1) is 12.4. The van der Waals surface area contributed by atoms with Gasteiger partial charge in [0, 0.05) is 12.4 Å². The molecule has 0 fully saturated rings. The Morgan fingerprint density at radius 3 is 2.04 bits per heavy atom. The van der Waals surface area contributed by atoms with Gasteiger partial charge in [-0.1, -0.05) is 36.7 Å². The zero-order chi connectivity index (χ0) is 21.1. The highest BCUT2D eigenvalue weighted by Crippen LogP contribution is 2.49. The first-order valence-electron chi connectivity index (χ1n) is 9.49. The highest BCUT2D eigenvalue weighted by molar-refractivity contribution is 9.09. The Morgan fingerprint density at radius 1 is 1.07 bits per heavy atom. The number of ether oxygens (including phenoxy) is 2. The van der Waals surface area contributed by atoms with Crippen LogP contribution < -0.4 is 0 Å². The Labute approximate surface area is 175 Å². The molecular formula is C18H38BrO6PSi. The van der Waals surface area contributed by atoms with E-state index >= 15 is 0 Å². The van der Waals surface area contributed by atoms with Crippen molar-refractivity contribution in [1.29, 1.82) is 0 Å². The summed E-state index contributed by atoms with van der Waals surface area (Å²) in [6, 6.07) is 0. The second-order valence-electron chi connectivity index (χ2n) is 7.50. The molecule has 0 spiro atoms. The topological polar surface area (TPSA) is 63.2 Å². The summed E-state index contributed by atoms with van der Waals surface area (Å²) in [6.07, 6.45) is 0.849. The van der Waals surface area contributed by atoms with Crippen LogP contribution in [0.25, 0.3) is 0 Å². The maximum atomic E-state index is 12.7. The van der Waals surface area contributed by atoms with Gasteiger partial charge in [-0.05, 0) is 45.0 Å². The normalized spacial score (nSPS) is 16.0. The molecule has 9 heteroatoms. The lowest BCUT2D eigenvalue weighted by molar-refractivity contribution is -0.148. The number of alkyl halides is 1. The Balaban J connectivity index is 5.34. The maximum Gasteiger partial charge on any atom is 0.353 e.